The van der Waals surface area contributed by atoms with Gasteiger partial charge in [0.25, 0.3) is 0 Å². The van der Waals surface area contributed by atoms with Crippen LogP contribution in [0.3, 0.4) is 0 Å². The van der Waals surface area contributed by atoms with Crippen LogP contribution in [-0.2, 0) is 6.61 Å². The van der Waals surface area contributed by atoms with E-state index in [2.05, 4.69) is 4.98 Å². The molecule has 0 spiro atoms. The summed E-state index contributed by atoms with van der Waals surface area (Å²) in [7, 11) is 1.58. The average molecular weight is 255 g/mol. The number of aliphatic hydroxyl groups excluding tert-OH is 1. The van der Waals surface area contributed by atoms with E-state index < -0.39 is 0 Å². The summed E-state index contributed by atoms with van der Waals surface area (Å²) in [5, 5.41) is 9.39. The number of hydrogen-bond acceptors (Lipinski definition) is 4. The Bertz CT molecular complexity index is 704. The highest BCUT2D eigenvalue weighted by Crippen LogP contribution is 2.30. The molecule has 3 rings (SSSR count). The van der Waals surface area contributed by atoms with Crippen LogP contribution in [0.1, 0.15) is 5.56 Å². The predicted molar refractivity (Wildman–Crippen MR) is 71.9 cm³/mol. The van der Waals surface area contributed by atoms with Crippen molar-refractivity contribution in [3.8, 4) is 17.2 Å². The molecule has 0 aliphatic heterocycles. The summed E-state index contributed by atoms with van der Waals surface area (Å²) in [6, 6.07) is 13.2. The number of fused-ring (bicyclic) bond motifs is 1. The van der Waals surface area contributed by atoms with Gasteiger partial charge in [-0.25, -0.2) is 4.98 Å². The van der Waals surface area contributed by atoms with E-state index in [1.165, 1.54) is 0 Å². The molecule has 0 aliphatic carbocycles. The molecule has 0 unspecified atom stereocenters. The Labute approximate surface area is 110 Å². The molecule has 0 saturated carbocycles. The van der Waals surface area contributed by atoms with Gasteiger partial charge in [0, 0.05) is 17.2 Å². The first-order valence-electron chi connectivity index (χ1n) is 5.95. The molecule has 0 fully saturated rings. The van der Waals surface area contributed by atoms with Crippen LogP contribution < -0.4 is 4.74 Å². The molecule has 3 aromatic rings. The highest BCUT2D eigenvalue weighted by atomic mass is 16.5. The lowest BCUT2D eigenvalue weighted by Gasteiger charge is -2.01. The van der Waals surface area contributed by atoms with Crippen LogP contribution in [0.4, 0.5) is 0 Å². The molecular formula is C15H13NO3. The zero-order chi connectivity index (χ0) is 13.2. The highest BCUT2D eigenvalue weighted by Gasteiger charge is 2.13. The van der Waals surface area contributed by atoms with Crippen molar-refractivity contribution in [2.24, 2.45) is 0 Å². The zero-order valence-electron chi connectivity index (χ0n) is 10.5. The molecular weight excluding hydrogens is 242 g/mol. The van der Waals surface area contributed by atoms with Crippen molar-refractivity contribution in [2.45, 2.75) is 6.61 Å². The quantitative estimate of drug-likeness (QED) is 0.781. The summed E-state index contributed by atoms with van der Waals surface area (Å²) in [5.41, 5.74) is 2.86. The highest BCUT2D eigenvalue weighted by molar-refractivity contribution is 5.81. The number of methoxy groups -OCH3 is 1. The maximum atomic E-state index is 9.39. The summed E-state index contributed by atoms with van der Waals surface area (Å²) >= 11 is 0. The molecule has 19 heavy (non-hydrogen) atoms. The Hall–Kier alpha value is -2.33. The lowest BCUT2D eigenvalue weighted by Crippen LogP contribution is -1.88. The van der Waals surface area contributed by atoms with Gasteiger partial charge in [-0.05, 0) is 18.2 Å². The van der Waals surface area contributed by atoms with Crippen molar-refractivity contribution in [1.82, 2.24) is 4.98 Å². The Morgan fingerprint density at radius 2 is 2.00 bits per heavy atom. The molecule has 0 atom stereocenters. The van der Waals surface area contributed by atoms with Gasteiger partial charge in [-0.2, -0.15) is 0 Å². The monoisotopic (exact) mass is 255 g/mol. The van der Waals surface area contributed by atoms with Gasteiger partial charge in [0.05, 0.1) is 13.7 Å². The zero-order valence-corrected chi connectivity index (χ0v) is 10.5. The van der Waals surface area contributed by atoms with E-state index in [0.717, 1.165) is 5.56 Å². The van der Waals surface area contributed by atoms with E-state index in [1.807, 2.05) is 30.3 Å². The molecule has 0 bridgehead atoms. The lowest BCUT2D eigenvalue weighted by molar-refractivity contribution is 0.281. The fourth-order valence-corrected chi connectivity index (χ4v) is 2.01. The summed E-state index contributed by atoms with van der Waals surface area (Å²) in [4.78, 5) is 4.44. The van der Waals surface area contributed by atoms with E-state index in [0.29, 0.717) is 28.3 Å². The van der Waals surface area contributed by atoms with Crippen molar-refractivity contribution in [3.05, 3.63) is 48.0 Å². The number of aromatic nitrogens is 1. The summed E-state index contributed by atoms with van der Waals surface area (Å²) < 4.78 is 10.9. The van der Waals surface area contributed by atoms with E-state index in [4.69, 9.17) is 9.15 Å². The van der Waals surface area contributed by atoms with Gasteiger partial charge in [0.2, 0.25) is 5.89 Å². The fourth-order valence-electron chi connectivity index (χ4n) is 2.01. The van der Waals surface area contributed by atoms with Gasteiger partial charge in [-0.1, -0.05) is 18.2 Å². The third-order valence-electron chi connectivity index (χ3n) is 2.97. The fraction of sp³-hybridized carbons (Fsp3) is 0.133. The van der Waals surface area contributed by atoms with E-state index in [9.17, 15) is 5.11 Å². The predicted octanol–water partition coefficient (Wildman–Crippen LogP) is 3.00. The summed E-state index contributed by atoms with van der Waals surface area (Å²) in [5.74, 6) is 1.20. The van der Waals surface area contributed by atoms with Crippen LogP contribution in [0.5, 0.6) is 5.75 Å². The first-order chi connectivity index (χ1) is 9.31. The summed E-state index contributed by atoms with van der Waals surface area (Å²) in [6.45, 7) is -0.114. The molecule has 1 heterocycles. The van der Waals surface area contributed by atoms with Crippen molar-refractivity contribution < 1.29 is 14.3 Å². The molecule has 4 nitrogen and oxygen atoms in total. The van der Waals surface area contributed by atoms with Crippen molar-refractivity contribution in [3.63, 3.8) is 0 Å². The largest absolute Gasteiger partial charge is 0.497 e. The number of benzene rings is 2. The molecule has 0 radical (unpaired) electrons. The SMILES string of the molecule is COc1cc(CO)c2oc(-c3ccccc3)nc2c1. The van der Waals surface area contributed by atoms with Gasteiger partial charge in [0.1, 0.15) is 11.3 Å². The summed E-state index contributed by atoms with van der Waals surface area (Å²) in [6.07, 6.45) is 0. The maximum Gasteiger partial charge on any atom is 0.227 e. The van der Waals surface area contributed by atoms with Gasteiger partial charge < -0.3 is 14.3 Å². The molecule has 1 N–H and O–H groups in total. The Kier molecular flexibility index (Phi) is 2.93. The second kappa shape index (κ2) is 4.74. The van der Waals surface area contributed by atoms with Crippen molar-refractivity contribution in [1.29, 1.82) is 0 Å². The average Bonchev–Trinajstić information content (AvgIpc) is 2.91. The molecule has 0 saturated heterocycles. The second-order valence-electron chi connectivity index (χ2n) is 4.18. The standard InChI is InChI=1S/C15H13NO3/c1-18-12-7-11(9-17)14-13(8-12)16-15(19-14)10-5-3-2-4-6-10/h2-8,17H,9H2,1H3. The number of rotatable bonds is 3. The smallest absolute Gasteiger partial charge is 0.227 e. The van der Waals surface area contributed by atoms with E-state index in [1.54, 1.807) is 19.2 Å². The first-order valence-corrected chi connectivity index (χ1v) is 5.95. The normalized spacial score (nSPS) is 10.8. The van der Waals surface area contributed by atoms with Crippen LogP contribution in [0.25, 0.3) is 22.6 Å². The van der Waals surface area contributed by atoms with Crippen molar-refractivity contribution in [2.75, 3.05) is 7.11 Å². The Morgan fingerprint density at radius 1 is 1.21 bits per heavy atom. The first kappa shape index (κ1) is 11.7. The van der Waals surface area contributed by atoms with Gasteiger partial charge >= 0.3 is 0 Å². The molecule has 2 aromatic carbocycles. The molecule has 1 aromatic heterocycles. The van der Waals surface area contributed by atoms with Crippen LogP contribution in [0.2, 0.25) is 0 Å². The Morgan fingerprint density at radius 3 is 2.68 bits per heavy atom. The van der Waals surface area contributed by atoms with E-state index in [-0.39, 0.29) is 6.61 Å². The molecule has 0 amide bonds. The third kappa shape index (κ3) is 2.06. The molecule has 96 valence electrons. The maximum absolute atomic E-state index is 9.39. The van der Waals surface area contributed by atoms with Crippen LogP contribution in [0, 0.1) is 0 Å². The Balaban J connectivity index is 2.20. The lowest BCUT2D eigenvalue weighted by atomic mass is 10.2. The van der Waals surface area contributed by atoms with Crippen LogP contribution in [0.15, 0.2) is 46.9 Å². The molecule has 0 aliphatic rings. The number of oxazole rings is 1. The van der Waals surface area contributed by atoms with Crippen molar-refractivity contribution >= 4 is 11.1 Å². The minimum Gasteiger partial charge on any atom is -0.497 e. The van der Waals surface area contributed by atoms with Crippen LogP contribution >= 0.6 is 0 Å². The number of nitrogens with zero attached hydrogens (tertiary/aromatic N) is 1. The number of aliphatic hydroxyl groups is 1. The molecule has 4 heteroatoms. The number of hydrogen-bond donors (Lipinski definition) is 1. The van der Waals surface area contributed by atoms with Gasteiger partial charge in [-0.3, -0.25) is 0 Å². The van der Waals surface area contributed by atoms with E-state index >= 15 is 0 Å². The van der Waals surface area contributed by atoms with Gasteiger partial charge in [0.15, 0.2) is 5.58 Å². The third-order valence-corrected chi connectivity index (χ3v) is 2.97. The minimum absolute atomic E-state index is 0.114. The number of ether oxygens (including phenoxy) is 1. The van der Waals surface area contributed by atoms with Gasteiger partial charge in [-0.15, -0.1) is 0 Å². The minimum atomic E-state index is -0.114. The van der Waals surface area contributed by atoms with Crippen LogP contribution in [-0.4, -0.2) is 17.2 Å². The second-order valence-corrected chi connectivity index (χ2v) is 4.18. The topological polar surface area (TPSA) is 55.5 Å².